The number of halogens is 1. The maximum atomic E-state index is 5.99. The van der Waals surface area contributed by atoms with E-state index in [0.717, 1.165) is 35.7 Å². The van der Waals surface area contributed by atoms with E-state index in [0.29, 0.717) is 18.2 Å². The third-order valence-electron chi connectivity index (χ3n) is 3.33. The molecular weight excluding hydrogens is 300 g/mol. The molecule has 0 aliphatic rings. The maximum Gasteiger partial charge on any atom is 0.160 e. The molecule has 0 radical (unpaired) electrons. The Morgan fingerprint density at radius 1 is 1.23 bits per heavy atom. The van der Waals surface area contributed by atoms with Gasteiger partial charge in [-0.05, 0) is 31.2 Å². The maximum absolute atomic E-state index is 5.99. The number of nitrogens with two attached hydrogens (primary N) is 1. The van der Waals surface area contributed by atoms with Crippen LogP contribution in [0.25, 0.3) is 11.2 Å². The van der Waals surface area contributed by atoms with Crippen molar-refractivity contribution in [2.75, 3.05) is 6.54 Å². The van der Waals surface area contributed by atoms with Crippen molar-refractivity contribution in [1.29, 1.82) is 0 Å². The molecule has 0 saturated heterocycles. The van der Waals surface area contributed by atoms with E-state index in [1.54, 1.807) is 6.20 Å². The second kappa shape index (κ2) is 6.77. The van der Waals surface area contributed by atoms with Crippen molar-refractivity contribution in [2.45, 2.75) is 19.6 Å². The first-order valence-corrected chi connectivity index (χ1v) is 7.54. The number of hydrogen-bond donors (Lipinski definition) is 1. The van der Waals surface area contributed by atoms with Crippen LogP contribution < -0.4 is 10.5 Å². The van der Waals surface area contributed by atoms with Gasteiger partial charge in [0.1, 0.15) is 23.7 Å². The van der Waals surface area contributed by atoms with Crippen LogP contribution in [0.2, 0.25) is 5.02 Å². The van der Waals surface area contributed by atoms with Gasteiger partial charge in [-0.2, -0.15) is 0 Å². The molecule has 0 aliphatic carbocycles. The zero-order valence-electron chi connectivity index (χ0n) is 12.1. The number of aryl methyl sites for hydroxylation is 1. The number of hydrogen-bond acceptors (Lipinski definition) is 4. The van der Waals surface area contributed by atoms with Gasteiger partial charge in [-0.1, -0.05) is 29.8 Å². The molecule has 1 aromatic carbocycles. The van der Waals surface area contributed by atoms with E-state index in [1.807, 2.05) is 41.0 Å². The van der Waals surface area contributed by atoms with E-state index in [1.165, 1.54) is 0 Å². The minimum Gasteiger partial charge on any atom is -0.486 e. The second-order valence-corrected chi connectivity index (χ2v) is 5.36. The number of pyridine rings is 1. The Labute approximate surface area is 133 Å². The average molecular weight is 317 g/mol. The largest absolute Gasteiger partial charge is 0.486 e. The Kier molecular flexibility index (Phi) is 4.56. The first kappa shape index (κ1) is 14.8. The number of nitrogens with zero attached hydrogens (tertiary/aromatic N) is 3. The van der Waals surface area contributed by atoms with Crippen LogP contribution in [0.1, 0.15) is 12.2 Å². The van der Waals surface area contributed by atoms with Gasteiger partial charge in [0.25, 0.3) is 0 Å². The Morgan fingerprint density at radius 2 is 2.05 bits per heavy atom. The van der Waals surface area contributed by atoms with Crippen LogP contribution in [0.15, 0.2) is 42.6 Å². The lowest BCUT2D eigenvalue weighted by atomic mass is 10.3. The zero-order valence-corrected chi connectivity index (χ0v) is 12.8. The third-order valence-corrected chi connectivity index (χ3v) is 3.53. The summed E-state index contributed by atoms with van der Waals surface area (Å²) in [5.41, 5.74) is 7.21. The number of benzene rings is 1. The Bertz CT molecular complexity index is 757. The molecule has 0 amide bonds. The van der Waals surface area contributed by atoms with Crippen LogP contribution in [-0.2, 0) is 13.2 Å². The molecule has 2 heterocycles. The van der Waals surface area contributed by atoms with E-state index >= 15 is 0 Å². The molecule has 3 aromatic rings. The van der Waals surface area contributed by atoms with E-state index in [4.69, 9.17) is 22.1 Å². The van der Waals surface area contributed by atoms with Gasteiger partial charge in [-0.25, -0.2) is 9.97 Å². The van der Waals surface area contributed by atoms with Gasteiger partial charge in [0, 0.05) is 12.7 Å². The first-order valence-electron chi connectivity index (χ1n) is 7.16. The Hall–Kier alpha value is -2.11. The Morgan fingerprint density at radius 3 is 2.82 bits per heavy atom. The molecule has 114 valence electrons. The summed E-state index contributed by atoms with van der Waals surface area (Å²) in [4.78, 5) is 8.97. The minimum atomic E-state index is 0.378. The fraction of sp³-hybridized carbons (Fsp3) is 0.250. The van der Waals surface area contributed by atoms with Gasteiger partial charge in [-0.3, -0.25) is 0 Å². The second-order valence-electron chi connectivity index (χ2n) is 4.92. The van der Waals surface area contributed by atoms with Crippen molar-refractivity contribution in [3.8, 4) is 5.75 Å². The lowest BCUT2D eigenvalue weighted by Crippen LogP contribution is -2.11. The molecule has 0 fully saturated rings. The third kappa shape index (κ3) is 3.21. The van der Waals surface area contributed by atoms with Crippen LogP contribution >= 0.6 is 11.6 Å². The van der Waals surface area contributed by atoms with Crippen molar-refractivity contribution in [2.24, 2.45) is 5.73 Å². The standard InChI is InChI=1S/C16H17ClN4O/c17-12-9-14-16(19-10-12)21(8-4-7-18)15(20-14)11-22-13-5-2-1-3-6-13/h1-3,5-6,9-10H,4,7-8,11,18H2. The van der Waals surface area contributed by atoms with Crippen molar-refractivity contribution in [3.05, 3.63) is 53.4 Å². The predicted molar refractivity (Wildman–Crippen MR) is 87.0 cm³/mol. The van der Waals surface area contributed by atoms with E-state index in [-0.39, 0.29) is 0 Å². The highest BCUT2D eigenvalue weighted by Gasteiger charge is 2.12. The summed E-state index contributed by atoms with van der Waals surface area (Å²) in [6.07, 6.45) is 2.49. The van der Waals surface area contributed by atoms with Crippen LogP contribution in [0.5, 0.6) is 5.75 Å². The van der Waals surface area contributed by atoms with Crippen LogP contribution in [-0.4, -0.2) is 21.1 Å². The fourth-order valence-corrected chi connectivity index (χ4v) is 2.44. The van der Waals surface area contributed by atoms with Crippen molar-refractivity contribution >= 4 is 22.8 Å². The van der Waals surface area contributed by atoms with Crippen molar-refractivity contribution < 1.29 is 4.74 Å². The number of fused-ring (bicyclic) bond motifs is 1. The van der Waals surface area contributed by atoms with Gasteiger partial charge in [0.15, 0.2) is 5.65 Å². The molecule has 0 atom stereocenters. The van der Waals surface area contributed by atoms with Crippen LogP contribution in [0.4, 0.5) is 0 Å². The summed E-state index contributed by atoms with van der Waals surface area (Å²) in [6.45, 7) is 1.75. The number of ether oxygens (including phenoxy) is 1. The van der Waals surface area contributed by atoms with E-state index in [2.05, 4.69) is 9.97 Å². The summed E-state index contributed by atoms with van der Waals surface area (Å²) >= 11 is 5.99. The molecule has 0 aliphatic heterocycles. The van der Waals surface area contributed by atoms with Gasteiger partial charge >= 0.3 is 0 Å². The molecule has 5 nitrogen and oxygen atoms in total. The highest BCUT2D eigenvalue weighted by molar-refractivity contribution is 6.31. The van der Waals surface area contributed by atoms with E-state index < -0.39 is 0 Å². The minimum absolute atomic E-state index is 0.378. The SMILES string of the molecule is NCCCn1c(COc2ccccc2)nc2cc(Cl)cnc21. The van der Waals surface area contributed by atoms with Gasteiger partial charge in [-0.15, -0.1) is 0 Å². The predicted octanol–water partition coefficient (Wildman–Crippen LogP) is 3.01. The summed E-state index contributed by atoms with van der Waals surface area (Å²) in [6, 6.07) is 11.5. The fourth-order valence-electron chi connectivity index (χ4n) is 2.29. The quantitative estimate of drug-likeness (QED) is 0.759. The molecule has 0 unspecified atom stereocenters. The average Bonchev–Trinajstić information content (AvgIpc) is 2.88. The van der Waals surface area contributed by atoms with Gasteiger partial charge in [0.2, 0.25) is 0 Å². The first-order chi connectivity index (χ1) is 10.8. The summed E-state index contributed by atoms with van der Waals surface area (Å²) in [5.74, 6) is 1.63. The smallest absolute Gasteiger partial charge is 0.160 e. The molecule has 0 saturated carbocycles. The lowest BCUT2D eigenvalue weighted by Gasteiger charge is -2.09. The monoisotopic (exact) mass is 316 g/mol. The van der Waals surface area contributed by atoms with Crippen LogP contribution in [0, 0.1) is 0 Å². The molecule has 0 bridgehead atoms. The zero-order chi connectivity index (χ0) is 15.4. The summed E-state index contributed by atoms with van der Waals surface area (Å²) in [5, 5.41) is 0.575. The summed E-state index contributed by atoms with van der Waals surface area (Å²) in [7, 11) is 0. The van der Waals surface area contributed by atoms with Crippen molar-refractivity contribution in [1.82, 2.24) is 14.5 Å². The van der Waals surface area contributed by atoms with Crippen LogP contribution in [0.3, 0.4) is 0 Å². The summed E-state index contributed by atoms with van der Waals surface area (Å²) < 4.78 is 7.84. The number of aromatic nitrogens is 3. The molecule has 0 spiro atoms. The molecule has 3 rings (SSSR count). The molecular formula is C16H17ClN4O. The van der Waals surface area contributed by atoms with Gasteiger partial charge in [0.05, 0.1) is 5.02 Å². The number of para-hydroxylation sites is 1. The molecule has 6 heteroatoms. The Balaban J connectivity index is 1.89. The normalized spacial score (nSPS) is 11.0. The topological polar surface area (TPSA) is 66.0 Å². The lowest BCUT2D eigenvalue weighted by molar-refractivity contribution is 0.289. The number of rotatable bonds is 6. The molecule has 2 aromatic heterocycles. The number of imidazole rings is 1. The van der Waals surface area contributed by atoms with Crippen molar-refractivity contribution in [3.63, 3.8) is 0 Å². The molecule has 22 heavy (non-hydrogen) atoms. The highest BCUT2D eigenvalue weighted by Crippen LogP contribution is 2.20. The molecule has 2 N–H and O–H groups in total. The van der Waals surface area contributed by atoms with E-state index in [9.17, 15) is 0 Å². The van der Waals surface area contributed by atoms with Gasteiger partial charge < -0.3 is 15.0 Å². The highest BCUT2D eigenvalue weighted by atomic mass is 35.5.